The number of rotatable bonds is 2. The fourth-order valence-corrected chi connectivity index (χ4v) is 11.1. The Balaban J connectivity index is 1.54. The highest BCUT2D eigenvalue weighted by molar-refractivity contribution is 8.21. The van der Waals surface area contributed by atoms with Crippen LogP contribution < -0.4 is 0 Å². The molecule has 5 rings (SSSR count). The van der Waals surface area contributed by atoms with Gasteiger partial charge >= 0.3 is 0 Å². The molecule has 0 aromatic heterocycles. The molecule has 3 saturated carbocycles. The van der Waals surface area contributed by atoms with Crippen molar-refractivity contribution >= 4 is 23.5 Å². The summed E-state index contributed by atoms with van der Waals surface area (Å²) in [6.45, 7) is 9.15. The van der Waals surface area contributed by atoms with Crippen molar-refractivity contribution in [3.05, 3.63) is 24.3 Å². The predicted octanol–water partition coefficient (Wildman–Crippen LogP) is 6.29. The van der Waals surface area contributed by atoms with Crippen molar-refractivity contribution in [2.24, 2.45) is 34.5 Å². The average Bonchev–Trinajstić information content (AvgIpc) is 3.22. The van der Waals surface area contributed by atoms with Crippen molar-refractivity contribution in [3.63, 3.8) is 0 Å². The Labute approximate surface area is 174 Å². The Bertz CT molecular complexity index is 651. The second-order valence-electron chi connectivity index (χ2n) is 10.5. The topological polar surface area (TPSA) is 20.2 Å². The summed E-state index contributed by atoms with van der Waals surface area (Å²) in [6, 6.07) is 0. The first kappa shape index (κ1) is 19.1. The molecule has 4 aliphatic carbocycles. The number of aliphatic hydroxyl groups is 1. The largest absolute Gasteiger partial charge is 0.393 e. The van der Waals surface area contributed by atoms with E-state index in [4.69, 9.17) is 0 Å². The van der Waals surface area contributed by atoms with Gasteiger partial charge in [0.25, 0.3) is 0 Å². The smallest absolute Gasteiger partial charge is 0.0795 e. The van der Waals surface area contributed by atoms with Crippen molar-refractivity contribution in [1.29, 1.82) is 0 Å². The van der Waals surface area contributed by atoms with Crippen molar-refractivity contribution in [1.82, 2.24) is 0 Å². The standard InChI is InChI=1S/C24H36OS2/c1-4-5-16-14-17-15-24(26-12-13-27-24)11-10-22(17,2)19-8-9-23(3)18(21(16)19)6-7-20(23)25/h4,15-16,18-21,25H,1,5-14H2,2-3H3/t16-,18+,19+,20+,21+,22+,23+/m1/s1. The minimum Gasteiger partial charge on any atom is -0.393 e. The summed E-state index contributed by atoms with van der Waals surface area (Å²) in [5.74, 6) is 5.73. The van der Waals surface area contributed by atoms with Crippen LogP contribution in [0.2, 0.25) is 0 Å². The van der Waals surface area contributed by atoms with Crippen LogP contribution in [0.5, 0.6) is 0 Å². The fraction of sp³-hybridized carbons (Fsp3) is 0.833. The van der Waals surface area contributed by atoms with Gasteiger partial charge < -0.3 is 5.11 Å². The molecule has 1 aliphatic heterocycles. The van der Waals surface area contributed by atoms with E-state index < -0.39 is 0 Å². The van der Waals surface area contributed by atoms with Gasteiger partial charge in [0.1, 0.15) is 0 Å². The van der Waals surface area contributed by atoms with E-state index in [2.05, 4.69) is 56.1 Å². The molecule has 4 fully saturated rings. The molecule has 7 atom stereocenters. The zero-order valence-corrected chi connectivity index (χ0v) is 18.7. The lowest BCUT2D eigenvalue weighted by Crippen LogP contribution is -2.54. The van der Waals surface area contributed by atoms with E-state index in [-0.39, 0.29) is 11.5 Å². The van der Waals surface area contributed by atoms with Crippen LogP contribution in [-0.2, 0) is 0 Å². The molecular formula is C24H36OS2. The van der Waals surface area contributed by atoms with E-state index in [9.17, 15) is 5.11 Å². The zero-order valence-electron chi connectivity index (χ0n) is 17.1. The van der Waals surface area contributed by atoms with E-state index >= 15 is 0 Å². The van der Waals surface area contributed by atoms with Gasteiger partial charge in [0.15, 0.2) is 0 Å². The summed E-state index contributed by atoms with van der Waals surface area (Å²) in [5.41, 5.74) is 2.38. The fourth-order valence-electron chi connectivity index (χ4n) is 7.95. The molecule has 150 valence electrons. The molecule has 1 heterocycles. The highest BCUT2D eigenvalue weighted by Crippen LogP contribution is 2.69. The SMILES string of the molecule is C=CC[C@@H]1CC2=CC3(CC[C@]2(C)[C@H]2CC[C@]4(C)[C@@H](O)CC[C@H]4[C@H]12)SCCS3. The van der Waals surface area contributed by atoms with Crippen LogP contribution in [0.1, 0.15) is 65.2 Å². The molecule has 0 unspecified atom stereocenters. The number of allylic oxidation sites excluding steroid dienone is 2. The van der Waals surface area contributed by atoms with E-state index in [0.717, 1.165) is 36.5 Å². The summed E-state index contributed by atoms with van der Waals surface area (Å²) in [4.78, 5) is 0. The lowest BCUT2D eigenvalue weighted by atomic mass is 9.44. The predicted molar refractivity (Wildman–Crippen MR) is 119 cm³/mol. The van der Waals surface area contributed by atoms with E-state index in [0.29, 0.717) is 9.49 Å². The normalized spacial score (nSPS) is 50.6. The molecule has 0 bridgehead atoms. The Hall–Kier alpha value is 0.140. The summed E-state index contributed by atoms with van der Waals surface area (Å²) >= 11 is 4.42. The van der Waals surface area contributed by atoms with Crippen LogP contribution in [0.15, 0.2) is 24.3 Å². The van der Waals surface area contributed by atoms with E-state index in [1.165, 1.54) is 50.0 Å². The van der Waals surface area contributed by atoms with Gasteiger partial charge in [-0.25, -0.2) is 0 Å². The average molecular weight is 405 g/mol. The summed E-state index contributed by atoms with van der Waals surface area (Å²) in [5, 5.41) is 10.8. The molecular weight excluding hydrogens is 368 g/mol. The van der Waals surface area contributed by atoms with Gasteiger partial charge in [-0.15, -0.1) is 30.1 Å². The lowest BCUT2D eigenvalue weighted by Gasteiger charge is -2.61. The van der Waals surface area contributed by atoms with Crippen LogP contribution >= 0.6 is 23.5 Å². The van der Waals surface area contributed by atoms with Gasteiger partial charge in [0.2, 0.25) is 0 Å². The van der Waals surface area contributed by atoms with Gasteiger partial charge in [-0.3, -0.25) is 0 Å². The second-order valence-corrected chi connectivity index (χ2v) is 13.6. The third-order valence-corrected chi connectivity index (χ3v) is 12.9. The Morgan fingerprint density at radius 1 is 1.11 bits per heavy atom. The van der Waals surface area contributed by atoms with Gasteiger partial charge in [0.05, 0.1) is 10.2 Å². The van der Waals surface area contributed by atoms with Gasteiger partial charge in [-0.2, -0.15) is 0 Å². The molecule has 1 N–H and O–H groups in total. The van der Waals surface area contributed by atoms with Crippen LogP contribution in [0.3, 0.4) is 0 Å². The van der Waals surface area contributed by atoms with E-state index in [1.54, 1.807) is 5.57 Å². The first-order valence-electron chi connectivity index (χ1n) is 11.2. The molecule has 0 amide bonds. The maximum atomic E-state index is 10.8. The molecule has 1 spiro atoms. The van der Waals surface area contributed by atoms with Crippen molar-refractivity contribution in [2.75, 3.05) is 11.5 Å². The molecule has 0 aromatic rings. The summed E-state index contributed by atoms with van der Waals surface area (Å²) in [7, 11) is 0. The Morgan fingerprint density at radius 3 is 2.63 bits per heavy atom. The molecule has 5 aliphatic rings. The van der Waals surface area contributed by atoms with Crippen molar-refractivity contribution in [3.8, 4) is 0 Å². The molecule has 3 heteroatoms. The molecule has 0 radical (unpaired) electrons. The van der Waals surface area contributed by atoms with Crippen LogP contribution in [0.4, 0.5) is 0 Å². The van der Waals surface area contributed by atoms with Crippen molar-refractivity contribution < 1.29 is 5.11 Å². The van der Waals surface area contributed by atoms with Gasteiger partial charge in [-0.05, 0) is 85.9 Å². The Morgan fingerprint density at radius 2 is 1.89 bits per heavy atom. The first-order valence-corrected chi connectivity index (χ1v) is 13.2. The molecule has 1 saturated heterocycles. The quantitative estimate of drug-likeness (QED) is 0.546. The van der Waals surface area contributed by atoms with Gasteiger partial charge in [0, 0.05) is 11.5 Å². The molecule has 27 heavy (non-hydrogen) atoms. The van der Waals surface area contributed by atoms with Crippen molar-refractivity contribution in [2.45, 2.75) is 75.4 Å². The first-order chi connectivity index (χ1) is 12.9. The number of thioether (sulfide) groups is 2. The van der Waals surface area contributed by atoms with Crippen LogP contribution in [-0.4, -0.2) is 26.8 Å². The number of aliphatic hydroxyl groups excluding tert-OH is 1. The minimum absolute atomic E-state index is 0.0708. The van der Waals surface area contributed by atoms with Crippen LogP contribution in [0, 0.1) is 34.5 Å². The summed E-state index contributed by atoms with van der Waals surface area (Å²) in [6.07, 6.45) is 14.9. The third kappa shape index (κ3) is 2.70. The Kier molecular flexibility index (Phi) is 4.65. The van der Waals surface area contributed by atoms with E-state index in [1.807, 2.05) is 0 Å². The lowest BCUT2D eigenvalue weighted by molar-refractivity contribution is -0.0947. The zero-order chi connectivity index (χ0) is 18.9. The molecule has 0 aromatic carbocycles. The highest BCUT2D eigenvalue weighted by atomic mass is 32.2. The highest BCUT2D eigenvalue weighted by Gasteiger charge is 2.61. The number of hydrogen-bond donors (Lipinski definition) is 1. The van der Waals surface area contributed by atoms with Crippen LogP contribution in [0.25, 0.3) is 0 Å². The third-order valence-electron chi connectivity index (χ3n) is 9.49. The number of hydrogen-bond acceptors (Lipinski definition) is 3. The monoisotopic (exact) mass is 404 g/mol. The minimum atomic E-state index is -0.0708. The van der Waals surface area contributed by atoms with Gasteiger partial charge in [-0.1, -0.05) is 31.6 Å². The summed E-state index contributed by atoms with van der Waals surface area (Å²) < 4.78 is 0.396. The second kappa shape index (κ2) is 6.57. The number of fused-ring (bicyclic) bond motifs is 5. The molecule has 1 nitrogen and oxygen atoms in total. The maximum absolute atomic E-state index is 10.8. The maximum Gasteiger partial charge on any atom is 0.0795 e.